The molecule has 1 fully saturated rings. The first-order valence-corrected chi connectivity index (χ1v) is 9.52. The molecule has 0 saturated carbocycles. The number of aromatic nitrogens is 1. The second-order valence-electron chi connectivity index (χ2n) is 6.62. The highest BCUT2D eigenvalue weighted by molar-refractivity contribution is 5.95. The zero-order chi connectivity index (χ0) is 19.1. The minimum Gasteiger partial charge on any atom is -0.490 e. The number of ether oxygens (including phenoxy) is 2. The number of rotatable bonds is 7. The summed E-state index contributed by atoms with van der Waals surface area (Å²) in [6.07, 6.45) is 6.58. The van der Waals surface area contributed by atoms with E-state index in [-0.39, 0.29) is 11.9 Å². The fraction of sp³-hybridized carbons (Fsp3) is 0.429. The molecule has 2 heterocycles. The van der Waals surface area contributed by atoms with E-state index in [0.29, 0.717) is 36.8 Å². The van der Waals surface area contributed by atoms with E-state index in [1.165, 1.54) is 0 Å². The Kier molecular flexibility index (Phi) is 6.65. The van der Waals surface area contributed by atoms with Crippen LogP contribution >= 0.6 is 0 Å². The van der Waals surface area contributed by atoms with Gasteiger partial charge in [0.25, 0.3) is 5.91 Å². The van der Waals surface area contributed by atoms with Gasteiger partial charge in [-0.3, -0.25) is 9.78 Å². The van der Waals surface area contributed by atoms with E-state index in [9.17, 15) is 4.79 Å². The molecular weight excluding hydrogens is 342 g/mol. The van der Waals surface area contributed by atoms with Gasteiger partial charge in [0.1, 0.15) is 6.61 Å². The molecule has 0 aliphatic carbocycles. The zero-order valence-electron chi connectivity index (χ0n) is 15.8. The van der Waals surface area contributed by atoms with Crippen LogP contribution in [0, 0.1) is 0 Å². The molecule has 3 rings (SSSR count). The number of carbonyl (C=O) groups excluding carboxylic acids is 1. The second-order valence-corrected chi connectivity index (χ2v) is 6.62. The first kappa shape index (κ1) is 19.2. The van der Waals surface area contributed by atoms with Gasteiger partial charge in [0, 0.05) is 37.1 Å². The molecule has 2 aromatic rings. The number of amides is 1. The number of piperidine rings is 1. The maximum absolute atomic E-state index is 13.0. The molecule has 0 unspecified atom stereocenters. The minimum absolute atomic E-state index is 0.00628. The van der Waals surface area contributed by atoms with Crippen LogP contribution in [0.5, 0.6) is 11.5 Å². The summed E-state index contributed by atoms with van der Waals surface area (Å²) in [4.78, 5) is 18.9. The van der Waals surface area contributed by atoms with Crippen molar-refractivity contribution in [2.45, 2.75) is 38.8 Å². The van der Waals surface area contributed by atoms with Gasteiger partial charge < -0.3 is 20.1 Å². The topological polar surface area (TPSA) is 77.7 Å². The highest BCUT2D eigenvalue weighted by Crippen LogP contribution is 2.30. The fourth-order valence-corrected chi connectivity index (χ4v) is 3.35. The van der Waals surface area contributed by atoms with Gasteiger partial charge in [-0.05, 0) is 62.1 Å². The van der Waals surface area contributed by atoms with Crippen LogP contribution < -0.4 is 15.2 Å². The summed E-state index contributed by atoms with van der Waals surface area (Å²) in [5.74, 6) is 1.21. The van der Waals surface area contributed by atoms with Crippen molar-refractivity contribution >= 4 is 5.91 Å². The molecule has 0 bridgehead atoms. The Labute approximate surface area is 160 Å². The molecule has 2 N–H and O–H groups in total. The molecule has 1 saturated heterocycles. The molecule has 0 spiro atoms. The standard InChI is InChI=1S/C21H27N3O3/c1-2-26-20-13-17(21(25)24-12-4-3-5-18(24)14-22)6-7-19(20)27-15-16-8-10-23-11-9-16/h6-11,13,18H,2-5,12,14-15,22H2,1H3/t18-/m0/s1. The van der Waals surface area contributed by atoms with Crippen LogP contribution in [-0.2, 0) is 6.61 Å². The summed E-state index contributed by atoms with van der Waals surface area (Å²) in [5.41, 5.74) is 7.49. The Hall–Kier alpha value is -2.60. The monoisotopic (exact) mass is 369 g/mol. The maximum Gasteiger partial charge on any atom is 0.254 e. The molecule has 1 aromatic heterocycles. The van der Waals surface area contributed by atoms with Crippen molar-refractivity contribution in [3.63, 3.8) is 0 Å². The van der Waals surface area contributed by atoms with Crippen LogP contribution in [0.4, 0.5) is 0 Å². The van der Waals surface area contributed by atoms with E-state index in [1.807, 2.05) is 24.0 Å². The van der Waals surface area contributed by atoms with Gasteiger partial charge in [-0.1, -0.05) is 0 Å². The predicted octanol–water partition coefficient (Wildman–Crippen LogP) is 3.01. The van der Waals surface area contributed by atoms with Gasteiger partial charge in [0.05, 0.1) is 6.61 Å². The maximum atomic E-state index is 13.0. The lowest BCUT2D eigenvalue weighted by Crippen LogP contribution is -2.47. The van der Waals surface area contributed by atoms with Crippen LogP contribution in [0.25, 0.3) is 0 Å². The van der Waals surface area contributed by atoms with Crippen LogP contribution in [0.1, 0.15) is 42.1 Å². The van der Waals surface area contributed by atoms with Crippen LogP contribution in [-0.4, -0.2) is 41.5 Å². The average Bonchev–Trinajstić information content (AvgIpc) is 2.73. The van der Waals surface area contributed by atoms with Gasteiger partial charge in [-0.25, -0.2) is 0 Å². The summed E-state index contributed by atoms with van der Waals surface area (Å²) in [7, 11) is 0. The zero-order valence-corrected chi connectivity index (χ0v) is 15.8. The third-order valence-corrected chi connectivity index (χ3v) is 4.79. The molecule has 6 nitrogen and oxygen atoms in total. The van der Waals surface area contributed by atoms with Crippen molar-refractivity contribution in [2.75, 3.05) is 19.7 Å². The van der Waals surface area contributed by atoms with E-state index < -0.39 is 0 Å². The molecule has 1 aliphatic heterocycles. The third-order valence-electron chi connectivity index (χ3n) is 4.79. The van der Waals surface area contributed by atoms with Crippen molar-refractivity contribution in [3.8, 4) is 11.5 Å². The lowest BCUT2D eigenvalue weighted by Gasteiger charge is -2.35. The summed E-state index contributed by atoms with van der Waals surface area (Å²) in [6, 6.07) is 9.30. The van der Waals surface area contributed by atoms with Gasteiger partial charge in [-0.15, -0.1) is 0 Å². The van der Waals surface area contributed by atoms with Crippen LogP contribution in [0.15, 0.2) is 42.7 Å². The van der Waals surface area contributed by atoms with Gasteiger partial charge in [-0.2, -0.15) is 0 Å². The summed E-state index contributed by atoms with van der Waals surface area (Å²) >= 11 is 0. The Morgan fingerprint density at radius 1 is 1.19 bits per heavy atom. The quantitative estimate of drug-likeness (QED) is 0.812. The van der Waals surface area contributed by atoms with Crippen molar-refractivity contribution in [2.24, 2.45) is 5.73 Å². The van der Waals surface area contributed by atoms with Crippen LogP contribution in [0.2, 0.25) is 0 Å². The Morgan fingerprint density at radius 2 is 2.00 bits per heavy atom. The molecule has 1 aromatic carbocycles. The molecule has 0 radical (unpaired) electrons. The van der Waals surface area contributed by atoms with Crippen LogP contribution in [0.3, 0.4) is 0 Å². The smallest absolute Gasteiger partial charge is 0.254 e. The molecule has 1 aliphatic rings. The van der Waals surface area contributed by atoms with Gasteiger partial charge >= 0.3 is 0 Å². The van der Waals surface area contributed by atoms with E-state index in [4.69, 9.17) is 15.2 Å². The Bertz CT molecular complexity index is 752. The number of likely N-dealkylation sites (tertiary alicyclic amines) is 1. The lowest BCUT2D eigenvalue weighted by atomic mass is 10.0. The van der Waals surface area contributed by atoms with E-state index >= 15 is 0 Å². The molecular formula is C21H27N3O3. The Balaban J connectivity index is 1.77. The number of pyridine rings is 1. The third kappa shape index (κ3) is 4.77. The molecule has 1 atom stereocenters. The number of nitrogens with zero attached hydrogens (tertiary/aromatic N) is 2. The fourth-order valence-electron chi connectivity index (χ4n) is 3.35. The first-order valence-electron chi connectivity index (χ1n) is 9.52. The second kappa shape index (κ2) is 9.37. The molecule has 144 valence electrons. The summed E-state index contributed by atoms with van der Waals surface area (Å²) in [5, 5.41) is 0. The highest BCUT2D eigenvalue weighted by Gasteiger charge is 2.27. The molecule has 27 heavy (non-hydrogen) atoms. The van der Waals surface area contributed by atoms with E-state index in [1.54, 1.807) is 30.6 Å². The molecule has 1 amide bonds. The largest absolute Gasteiger partial charge is 0.490 e. The van der Waals surface area contributed by atoms with Crippen molar-refractivity contribution < 1.29 is 14.3 Å². The number of nitrogens with two attached hydrogens (primary N) is 1. The predicted molar refractivity (Wildman–Crippen MR) is 104 cm³/mol. The number of hydrogen-bond donors (Lipinski definition) is 1. The van der Waals surface area contributed by atoms with Gasteiger partial charge in [0.15, 0.2) is 11.5 Å². The summed E-state index contributed by atoms with van der Waals surface area (Å²) < 4.78 is 11.6. The van der Waals surface area contributed by atoms with Gasteiger partial charge in [0.2, 0.25) is 0 Å². The highest BCUT2D eigenvalue weighted by atomic mass is 16.5. The van der Waals surface area contributed by atoms with E-state index in [0.717, 1.165) is 31.4 Å². The molecule has 6 heteroatoms. The number of carbonyl (C=O) groups is 1. The summed E-state index contributed by atoms with van der Waals surface area (Å²) in [6.45, 7) is 4.08. The SMILES string of the molecule is CCOc1cc(C(=O)N2CCCC[C@H]2CN)ccc1OCc1ccncc1. The van der Waals surface area contributed by atoms with Crippen molar-refractivity contribution in [3.05, 3.63) is 53.9 Å². The average molecular weight is 369 g/mol. The van der Waals surface area contributed by atoms with E-state index in [2.05, 4.69) is 4.98 Å². The lowest BCUT2D eigenvalue weighted by molar-refractivity contribution is 0.0623. The minimum atomic E-state index is 0.00628. The van der Waals surface area contributed by atoms with Crippen molar-refractivity contribution in [1.82, 2.24) is 9.88 Å². The number of benzene rings is 1. The normalized spacial score (nSPS) is 16.8. The first-order chi connectivity index (χ1) is 13.2. The Morgan fingerprint density at radius 3 is 2.74 bits per heavy atom. The number of hydrogen-bond acceptors (Lipinski definition) is 5. The van der Waals surface area contributed by atoms with Crippen molar-refractivity contribution in [1.29, 1.82) is 0 Å².